The molecule has 0 atom stereocenters. The average molecular weight is 330 g/mol. The SMILES string of the molecule is CCCCN(CN(CCCC)C(=O)OCCC)C(=O)OCCC. The summed E-state index contributed by atoms with van der Waals surface area (Å²) in [6.45, 7) is 10.3. The highest BCUT2D eigenvalue weighted by Crippen LogP contribution is 2.06. The number of amides is 2. The number of hydrogen-bond acceptors (Lipinski definition) is 4. The Labute approximate surface area is 141 Å². The largest absolute Gasteiger partial charge is 0.449 e. The molecule has 0 bridgehead atoms. The van der Waals surface area contributed by atoms with E-state index < -0.39 is 0 Å². The van der Waals surface area contributed by atoms with Crippen molar-refractivity contribution in [3.05, 3.63) is 0 Å². The highest BCUT2D eigenvalue weighted by Gasteiger charge is 2.22. The molecule has 0 saturated carbocycles. The Balaban J connectivity index is 4.78. The van der Waals surface area contributed by atoms with Crippen LogP contribution >= 0.6 is 0 Å². The lowest BCUT2D eigenvalue weighted by Crippen LogP contribution is -2.45. The maximum Gasteiger partial charge on any atom is 0.411 e. The van der Waals surface area contributed by atoms with Gasteiger partial charge in [-0.05, 0) is 25.7 Å². The molecule has 0 aromatic rings. The van der Waals surface area contributed by atoms with Gasteiger partial charge >= 0.3 is 12.2 Å². The molecule has 0 heterocycles. The van der Waals surface area contributed by atoms with Crippen molar-refractivity contribution >= 4 is 12.2 Å². The van der Waals surface area contributed by atoms with Crippen molar-refractivity contribution in [1.82, 2.24) is 9.80 Å². The lowest BCUT2D eigenvalue weighted by molar-refractivity contribution is 0.0578. The second kappa shape index (κ2) is 14.2. The first-order valence-corrected chi connectivity index (χ1v) is 8.93. The van der Waals surface area contributed by atoms with E-state index in [1.54, 1.807) is 9.80 Å². The fraction of sp³-hybridized carbons (Fsp3) is 0.882. The van der Waals surface area contributed by atoms with Gasteiger partial charge in [0.1, 0.15) is 6.67 Å². The Morgan fingerprint density at radius 1 is 0.696 bits per heavy atom. The number of unbranched alkanes of at least 4 members (excludes halogenated alkanes) is 2. The van der Waals surface area contributed by atoms with Crippen LogP contribution in [-0.2, 0) is 9.47 Å². The van der Waals surface area contributed by atoms with Gasteiger partial charge in [-0.1, -0.05) is 40.5 Å². The molecular formula is C17H34N2O4. The Morgan fingerprint density at radius 3 is 1.39 bits per heavy atom. The Morgan fingerprint density at radius 2 is 1.09 bits per heavy atom. The predicted octanol–water partition coefficient (Wildman–Crippen LogP) is 4.24. The van der Waals surface area contributed by atoms with Crippen LogP contribution in [0.3, 0.4) is 0 Å². The van der Waals surface area contributed by atoms with Crippen molar-refractivity contribution in [2.75, 3.05) is 33.0 Å². The quantitative estimate of drug-likeness (QED) is 0.502. The van der Waals surface area contributed by atoms with Crippen LogP contribution in [0.25, 0.3) is 0 Å². The Kier molecular flexibility index (Phi) is 13.3. The molecule has 0 N–H and O–H groups in total. The standard InChI is InChI=1S/C17H34N2O4/c1-5-9-11-18(16(20)22-13-7-3)15-19(12-10-6-2)17(21)23-14-8-4/h5-15H2,1-4H3. The van der Waals surface area contributed by atoms with E-state index in [0.29, 0.717) is 26.3 Å². The monoisotopic (exact) mass is 330 g/mol. The van der Waals surface area contributed by atoms with Crippen LogP contribution in [0.1, 0.15) is 66.2 Å². The molecule has 0 rings (SSSR count). The van der Waals surface area contributed by atoms with E-state index in [0.717, 1.165) is 38.5 Å². The smallest absolute Gasteiger partial charge is 0.411 e. The number of ether oxygens (including phenoxy) is 2. The minimum Gasteiger partial charge on any atom is -0.449 e. The summed E-state index contributed by atoms with van der Waals surface area (Å²) in [6, 6.07) is 0. The van der Waals surface area contributed by atoms with Gasteiger partial charge in [0.25, 0.3) is 0 Å². The maximum absolute atomic E-state index is 12.2. The van der Waals surface area contributed by atoms with Gasteiger partial charge in [0, 0.05) is 13.1 Å². The van der Waals surface area contributed by atoms with E-state index in [-0.39, 0.29) is 18.9 Å². The lowest BCUT2D eigenvalue weighted by Gasteiger charge is -2.29. The van der Waals surface area contributed by atoms with Crippen LogP contribution in [0, 0.1) is 0 Å². The third-order valence-corrected chi connectivity index (χ3v) is 3.28. The maximum atomic E-state index is 12.2. The first kappa shape index (κ1) is 21.5. The summed E-state index contributed by atoms with van der Waals surface area (Å²) in [5, 5.41) is 0. The normalized spacial score (nSPS) is 10.3. The molecule has 0 aromatic carbocycles. The zero-order chi connectivity index (χ0) is 17.5. The van der Waals surface area contributed by atoms with Crippen LogP contribution in [-0.4, -0.2) is 55.0 Å². The second-order valence-electron chi connectivity index (χ2n) is 5.60. The number of carbonyl (C=O) groups excluding carboxylic acids is 2. The van der Waals surface area contributed by atoms with E-state index in [1.807, 2.05) is 13.8 Å². The minimum atomic E-state index is -0.356. The van der Waals surface area contributed by atoms with E-state index in [4.69, 9.17) is 9.47 Å². The van der Waals surface area contributed by atoms with Gasteiger partial charge in [-0.2, -0.15) is 0 Å². The van der Waals surface area contributed by atoms with Crippen LogP contribution in [0.5, 0.6) is 0 Å². The van der Waals surface area contributed by atoms with Crippen LogP contribution < -0.4 is 0 Å². The van der Waals surface area contributed by atoms with Crippen molar-refractivity contribution < 1.29 is 19.1 Å². The highest BCUT2D eigenvalue weighted by molar-refractivity contribution is 5.70. The van der Waals surface area contributed by atoms with Gasteiger partial charge in [-0.25, -0.2) is 9.59 Å². The summed E-state index contributed by atoms with van der Waals surface area (Å²) in [4.78, 5) is 27.6. The molecule has 0 aliphatic rings. The summed E-state index contributed by atoms with van der Waals surface area (Å²) < 4.78 is 10.4. The van der Waals surface area contributed by atoms with E-state index in [2.05, 4.69) is 13.8 Å². The van der Waals surface area contributed by atoms with Crippen LogP contribution in [0.15, 0.2) is 0 Å². The molecule has 23 heavy (non-hydrogen) atoms. The minimum absolute atomic E-state index is 0.227. The van der Waals surface area contributed by atoms with Crippen molar-refractivity contribution in [2.24, 2.45) is 0 Å². The number of nitrogens with zero attached hydrogens (tertiary/aromatic N) is 2. The van der Waals surface area contributed by atoms with Gasteiger partial charge in [0.15, 0.2) is 0 Å². The predicted molar refractivity (Wildman–Crippen MR) is 91.4 cm³/mol. The van der Waals surface area contributed by atoms with Gasteiger partial charge in [-0.3, -0.25) is 9.80 Å². The zero-order valence-corrected chi connectivity index (χ0v) is 15.3. The third-order valence-electron chi connectivity index (χ3n) is 3.28. The summed E-state index contributed by atoms with van der Waals surface area (Å²) in [6.07, 6.45) is 4.58. The van der Waals surface area contributed by atoms with E-state index in [1.165, 1.54) is 0 Å². The Hall–Kier alpha value is -1.46. The van der Waals surface area contributed by atoms with Crippen molar-refractivity contribution in [1.29, 1.82) is 0 Å². The Bertz CT molecular complexity index is 294. The summed E-state index contributed by atoms with van der Waals surface area (Å²) in [5.74, 6) is 0. The van der Waals surface area contributed by atoms with Gasteiger partial charge in [0.05, 0.1) is 13.2 Å². The first-order valence-electron chi connectivity index (χ1n) is 8.93. The topological polar surface area (TPSA) is 59.1 Å². The number of hydrogen-bond donors (Lipinski definition) is 0. The van der Waals surface area contributed by atoms with Gasteiger partial charge < -0.3 is 9.47 Å². The molecular weight excluding hydrogens is 296 g/mol. The summed E-state index contributed by atoms with van der Waals surface area (Å²) in [7, 11) is 0. The van der Waals surface area contributed by atoms with Crippen LogP contribution in [0.4, 0.5) is 9.59 Å². The zero-order valence-electron chi connectivity index (χ0n) is 15.3. The molecule has 0 radical (unpaired) electrons. The molecule has 0 aliphatic heterocycles. The molecule has 0 aliphatic carbocycles. The molecule has 0 fully saturated rings. The van der Waals surface area contributed by atoms with Crippen LogP contribution in [0.2, 0.25) is 0 Å². The van der Waals surface area contributed by atoms with Crippen molar-refractivity contribution in [2.45, 2.75) is 66.2 Å². The third kappa shape index (κ3) is 10.0. The fourth-order valence-corrected chi connectivity index (χ4v) is 1.90. The summed E-state index contributed by atoms with van der Waals surface area (Å²) in [5.41, 5.74) is 0. The molecule has 0 unspecified atom stereocenters. The number of rotatable bonds is 12. The number of carbonyl (C=O) groups is 2. The van der Waals surface area contributed by atoms with Gasteiger partial charge in [0.2, 0.25) is 0 Å². The average Bonchev–Trinajstić information content (AvgIpc) is 2.56. The summed E-state index contributed by atoms with van der Waals surface area (Å²) >= 11 is 0. The first-order chi connectivity index (χ1) is 11.1. The van der Waals surface area contributed by atoms with Crippen molar-refractivity contribution in [3.8, 4) is 0 Å². The molecule has 0 spiro atoms. The molecule has 0 saturated heterocycles. The van der Waals surface area contributed by atoms with E-state index in [9.17, 15) is 9.59 Å². The lowest BCUT2D eigenvalue weighted by atomic mass is 10.3. The van der Waals surface area contributed by atoms with Gasteiger partial charge in [-0.15, -0.1) is 0 Å². The molecule has 2 amide bonds. The second-order valence-corrected chi connectivity index (χ2v) is 5.60. The molecule has 0 aromatic heterocycles. The molecule has 6 nitrogen and oxygen atoms in total. The molecule has 6 heteroatoms. The fourth-order valence-electron chi connectivity index (χ4n) is 1.90. The molecule has 136 valence electrons. The highest BCUT2D eigenvalue weighted by atomic mass is 16.6. The van der Waals surface area contributed by atoms with E-state index >= 15 is 0 Å². The van der Waals surface area contributed by atoms with Crippen molar-refractivity contribution in [3.63, 3.8) is 0 Å².